The molecular formula is C55H62O12S. The van der Waals surface area contributed by atoms with Gasteiger partial charge in [-0.25, -0.2) is 0 Å². The summed E-state index contributed by atoms with van der Waals surface area (Å²) in [6, 6.07) is 58.2. The summed E-state index contributed by atoms with van der Waals surface area (Å²) >= 11 is 0. The fraction of sp³-hybridized carbons (Fsp3) is 0.345. The average Bonchev–Trinajstić information content (AvgIpc) is 3.37. The molecule has 360 valence electrons. The van der Waals surface area contributed by atoms with Gasteiger partial charge in [0.2, 0.25) is 0 Å². The molecule has 0 bridgehead atoms. The van der Waals surface area contributed by atoms with E-state index in [1.54, 1.807) is 0 Å². The zero-order valence-electron chi connectivity index (χ0n) is 38.4. The van der Waals surface area contributed by atoms with Crippen molar-refractivity contribution in [2.45, 2.75) is 95.1 Å². The van der Waals surface area contributed by atoms with E-state index in [2.05, 4.69) is 0 Å². The van der Waals surface area contributed by atoms with E-state index < -0.39 is 59.1 Å². The minimum absolute atomic E-state index is 0.0441. The van der Waals surface area contributed by atoms with E-state index in [0.29, 0.717) is 6.61 Å². The number of rotatable bonds is 28. The molecule has 1 heterocycles. The number of hydrogen-bond acceptors (Lipinski definition) is 12. The summed E-state index contributed by atoms with van der Waals surface area (Å²) in [6.45, 7) is 0.637. The fourth-order valence-corrected chi connectivity index (χ4v) is 8.56. The molecule has 12 nitrogen and oxygen atoms in total. The van der Waals surface area contributed by atoms with Crippen molar-refractivity contribution in [2.75, 3.05) is 26.1 Å². The third-order valence-corrected chi connectivity index (χ3v) is 11.9. The Hall–Kier alpha value is -5.13. The topological polar surface area (TPSA) is 137 Å². The van der Waals surface area contributed by atoms with Gasteiger partial charge in [-0.15, -0.1) is 0 Å². The maximum Gasteiger partial charge on any atom is 0.264 e. The third kappa shape index (κ3) is 16.5. The predicted octanol–water partition coefficient (Wildman–Crippen LogP) is 8.60. The molecule has 0 amide bonds. The van der Waals surface area contributed by atoms with Crippen molar-refractivity contribution in [3.05, 3.63) is 215 Å². The molecule has 1 saturated heterocycles. The number of benzene rings is 6. The lowest BCUT2D eigenvalue weighted by molar-refractivity contribution is -0.347. The van der Waals surface area contributed by atoms with Crippen LogP contribution < -0.4 is 0 Å². The van der Waals surface area contributed by atoms with Crippen LogP contribution in [0.1, 0.15) is 39.8 Å². The third-order valence-electron chi connectivity index (χ3n) is 11.3. The second-order valence-corrected chi connectivity index (χ2v) is 18.2. The summed E-state index contributed by atoms with van der Waals surface area (Å²) in [6.07, 6.45) is -7.15. The van der Waals surface area contributed by atoms with Gasteiger partial charge in [-0.05, 0) is 39.8 Å². The van der Waals surface area contributed by atoms with Crippen molar-refractivity contribution in [1.82, 2.24) is 0 Å². The molecule has 1 aliphatic heterocycles. The normalized spacial score (nSPS) is 19.8. The SMILES string of the molecule is CS(=O)(=O)O[C@H](COCc1ccccc1)[C@@H](O[C@@H]1O[C@H](COCc2ccccc2)[C@@H](OCc2ccccc2)[C@H](OCc2ccccc2)[C@H]1OCc1ccccc1)[C@@H](CCO)OCc1ccccc1. The van der Waals surface area contributed by atoms with Gasteiger partial charge in [0.05, 0.1) is 65.2 Å². The largest absolute Gasteiger partial charge is 0.396 e. The Bertz CT molecular complexity index is 2380. The van der Waals surface area contributed by atoms with Crippen LogP contribution in [0.3, 0.4) is 0 Å². The zero-order chi connectivity index (χ0) is 47.2. The maximum absolute atomic E-state index is 13.2. The molecule has 0 radical (unpaired) electrons. The van der Waals surface area contributed by atoms with E-state index in [0.717, 1.165) is 39.6 Å². The lowest BCUT2D eigenvalue weighted by Gasteiger charge is -2.47. The molecule has 0 saturated carbocycles. The fourth-order valence-electron chi connectivity index (χ4n) is 7.94. The molecule has 0 spiro atoms. The number of aliphatic hydroxyl groups excluding tert-OH is 1. The average molecular weight is 947 g/mol. The van der Waals surface area contributed by atoms with Crippen LogP contribution in [-0.2, 0) is 91.8 Å². The quantitative estimate of drug-likeness (QED) is 0.0472. The molecule has 6 aromatic rings. The first-order chi connectivity index (χ1) is 33.3. The summed E-state index contributed by atoms with van der Waals surface area (Å²) in [5, 5.41) is 10.6. The molecule has 68 heavy (non-hydrogen) atoms. The van der Waals surface area contributed by atoms with Crippen LogP contribution >= 0.6 is 0 Å². The van der Waals surface area contributed by atoms with E-state index in [9.17, 15) is 13.5 Å². The molecule has 7 rings (SSSR count). The van der Waals surface area contributed by atoms with Gasteiger partial charge in [0.25, 0.3) is 10.1 Å². The molecule has 13 heteroatoms. The number of hydrogen-bond donors (Lipinski definition) is 1. The van der Waals surface area contributed by atoms with Crippen molar-refractivity contribution in [3.63, 3.8) is 0 Å². The Morgan fingerprint density at radius 1 is 0.500 bits per heavy atom. The molecule has 6 aromatic carbocycles. The highest BCUT2D eigenvalue weighted by Crippen LogP contribution is 2.34. The molecule has 1 aliphatic rings. The molecule has 0 aromatic heterocycles. The Labute approximate surface area is 400 Å². The molecule has 0 unspecified atom stereocenters. The first-order valence-electron chi connectivity index (χ1n) is 23.0. The Balaban J connectivity index is 1.29. The second kappa shape index (κ2) is 27.2. The summed E-state index contributed by atoms with van der Waals surface area (Å²) in [5.41, 5.74) is 5.45. The maximum atomic E-state index is 13.2. The number of ether oxygens (including phenoxy) is 8. The van der Waals surface area contributed by atoms with Gasteiger partial charge in [-0.3, -0.25) is 4.18 Å². The monoisotopic (exact) mass is 946 g/mol. The summed E-state index contributed by atoms with van der Waals surface area (Å²) in [7, 11) is -4.14. The minimum Gasteiger partial charge on any atom is -0.396 e. The van der Waals surface area contributed by atoms with Gasteiger partial charge < -0.3 is 43.0 Å². The van der Waals surface area contributed by atoms with Crippen LogP contribution in [0.15, 0.2) is 182 Å². The Morgan fingerprint density at radius 2 is 0.897 bits per heavy atom. The highest BCUT2D eigenvalue weighted by molar-refractivity contribution is 7.86. The van der Waals surface area contributed by atoms with Crippen LogP contribution in [0.5, 0.6) is 0 Å². The lowest BCUT2D eigenvalue weighted by Crippen LogP contribution is -2.63. The van der Waals surface area contributed by atoms with E-state index >= 15 is 0 Å². The smallest absolute Gasteiger partial charge is 0.264 e. The van der Waals surface area contributed by atoms with Gasteiger partial charge in [0, 0.05) is 6.61 Å². The van der Waals surface area contributed by atoms with Crippen molar-refractivity contribution >= 4 is 10.1 Å². The standard InChI is InChI=1S/C55H62O12S/c1-68(57,58)67-50(41-60-35-43-22-10-3-11-23-43)51(48(32-33-56)61-36-44-24-12-4-13-25-44)66-55-54(64-39-47-30-18-7-19-31-47)53(63-38-46-28-16-6-17-29-46)52(62-37-45-26-14-5-15-27-45)49(65-55)40-59-34-42-20-8-2-9-21-42/h2-31,48-56H,32-41H2,1H3/t48-,49-,50-,51+,52-,53+,54-,55+/m1/s1. The predicted molar refractivity (Wildman–Crippen MR) is 257 cm³/mol. The van der Waals surface area contributed by atoms with E-state index in [4.69, 9.17) is 42.1 Å². The van der Waals surface area contributed by atoms with Gasteiger partial charge in [-0.2, -0.15) is 8.42 Å². The molecular weight excluding hydrogens is 885 g/mol. The summed E-state index contributed by atoms with van der Waals surface area (Å²) < 4.78 is 86.4. The van der Waals surface area contributed by atoms with Gasteiger partial charge in [-0.1, -0.05) is 182 Å². The van der Waals surface area contributed by atoms with Crippen molar-refractivity contribution < 1.29 is 55.6 Å². The van der Waals surface area contributed by atoms with Crippen LogP contribution in [-0.4, -0.2) is 88.6 Å². The minimum atomic E-state index is -4.14. The second-order valence-electron chi connectivity index (χ2n) is 16.6. The Morgan fingerprint density at radius 3 is 1.34 bits per heavy atom. The van der Waals surface area contributed by atoms with Gasteiger partial charge >= 0.3 is 0 Å². The first kappa shape index (κ1) is 50.7. The Kier molecular flexibility index (Phi) is 20.3. The molecule has 0 aliphatic carbocycles. The van der Waals surface area contributed by atoms with Crippen LogP contribution in [0.25, 0.3) is 0 Å². The van der Waals surface area contributed by atoms with Crippen LogP contribution in [0.2, 0.25) is 0 Å². The first-order valence-corrected chi connectivity index (χ1v) is 24.8. The lowest BCUT2D eigenvalue weighted by atomic mass is 9.97. The highest BCUT2D eigenvalue weighted by atomic mass is 32.2. The van der Waals surface area contributed by atoms with Gasteiger partial charge in [0.15, 0.2) is 6.29 Å². The van der Waals surface area contributed by atoms with E-state index in [1.165, 1.54) is 0 Å². The molecule has 1 fully saturated rings. The van der Waals surface area contributed by atoms with Crippen molar-refractivity contribution in [3.8, 4) is 0 Å². The van der Waals surface area contributed by atoms with Crippen LogP contribution in [0, 0.1) is 0 Å². The summed E-state index contributed by atoms with van der Waals surface area (Å²) in [5.74, 6) is 0. The van der Waals surface area contributed by atoms with E-state index in [1.807, 2.05) is 182 Å². The van der Waals surface area contributed by atoms with Crippen molar-refractivity contribution in [1.29, 1.82) is 0 Å². The van der Waals surface area contributed by atoms with Crippen molar-refractivity contribution in [2.24, 2.45) is 0 Å². The molecule has 8 atom stereocenters. The number of aliphatic hydroxyl groups is 1. The summed E-state index contributed by atoms with van der Waals surface area (Å²) in [4.78, 5) is 0. The van der Waals surface area contributed by atoms with Crippen LogP contribution in [0.4, 0.5) is 0 Å². The molecule has 1 N–H and O–H groups in total. The van der Waals surface area contributed by atoms with Gasteiger partial charge in [0.1, 0.15) is 36.6 Å². The van der Waals surface area contributed by atoms with E-state index in [-0.39, 0.29) is 59.3 Å². The zero-order valence-corrected chi connectivity index (χ0v) is 39.2. The highest BCUT2D eigenvalue weighted by Gasteiger charge is 2.51.